The number of benzene rings is 2. The second-order valence-electron chi connectivity index (χ2n) is 8.96. The summed E-state index contributed by atoms with van der Waals surface area (Å²) >= 11 is 0. The van der Waals surface area contributed by atoms with Crippen molar-refractivity contribution in [2.75, 3.05) is 30.9 Å². The summed E-state index contributed by atoms with van der Waals surface area (Å²) in [5.74, 6) is 0.370. The topological polar surface area (TPSA) is 109 Å². The van der Waals surface area contributed by atoms with Crippen molar-refractivity contribution in [2.45, 2.75) is 40.2 Å². The molecule has 4 amide bonds. The average molecular weight is 495 g/mol. The van der Waals surface area contributed by atoms with Crippen molar-refractivity contribution >= 4 is 29.4 Å². The van der Waals surface area contributed by atoms with Crippen molar-refractivity contribution in [3.8, 4) is 5.75 Å². The summed E-state index contributed by atoms with van der Waals surface area (Å²) in [6.45, 7) is 8.46. The van der Waals surface area contributed by atoms with Crippen LogP contribution in [0.3, 0.4) is 0 Å². The van der Waals surface area contributed by atoms with Crippen LogP contribution in [0.2, 0.25) is 0 Å². The molecule has 9 heteroatoms. The molecule has 0 bridgehead atoms. The number of nitrogens with zero attached hydrogens (tertiary/aromatic N) is 1. The maximum Gasteiger partial charge on any atom is 0.338 e. The molecule has 192 valence electrons. The number of amides is 4. The first kappa shape index (κ1) is 26.6. The Morgan fingerprint density at radius 2 is 1.78 bits per heavy atom. The minimum Gasteiger partial charge on any atom is -0.497 e. The summed E-state index contributed by atoms with van der Waals surface area (Å²) in [6.07, 6.45) is 0.752. The number of hydrogen-bond donors (Lipinski definition) is 3. The molecule has 2 aromatic carbocycles. The molecular formula is C27H34N4O5. The van der Waals surface area contributed by atoms with E-state index in [4.69, 9.17) is 9.47 Å². The van der Waals surface area contributed by atoms with Gasteiger partial charge >= 0.3 is 18.0 Å². The third kappa shape index (κ3) is 6.56. The van der Waals surface area contributed by atoms with E-state index in [1.807, 2.05) is 20.8 Å². The minimum atomic E-state index is -0.662. The Morgan fingerprint density at radius 3 is 2.42 bits per heavy atom. The third-order valence-corrected chi connectivity index (χ3v) is 5.64. The van der Waals surface area contributed by atoms with Crippen molar-refractivity contribution in [1.82, 2.24) is 10.2 Å². The zero-order valence-electron chi connectivity index (χ0n) is 21.4. The fraction of sp³-hybridized carbons (Fsp3) is 0.370. The molecular weight excluding hydrogens is 460 g/mol. The molecule has 0 saturated carbocycles. The van der Waals surface area contributed by atoms with Crippen molar-refractivity contribution in [3.63, 3.8) is 0 Å². The largest absolute Gasteiger partial charge is 0.497 e. The van der Waals surface area contributed by atoms with Gasteiger partial charge in [-0.25, -0.2) is 14.4 Å². The molecule has 36 heavy (non-hydrogen) atoms. The van der Waals surface area contributed by atoms with Gasteiger partial charge in [-0.15, -0.1) is 0 Å². The molecule has 1 aliphatic heterocycles. The number of carbonyl (C=O) groups is 3. The van der Waals surface area contributed by atoms with E-state index in [0.717, 1.165) is 6.42 Å². The normalized spacial score (nSPS) is 15.4. The molecule has 0 fully saturated rings. The highest BCUT2D eigenvalue weighted by Crippen LogP contribution is 2.32. The van der Waals surface area contributed by atoms with Crippen LogP contribution in [0.4, 0.5) is 21.0 Å². The number of rotatable bonds is 9. The van der Waals surface area contributed by atoms with Crippen molar-refractivity contribution in [2.24, 2.45) is 5.92 Å². The number of ether oxygens (including phenoxy) is 2. The number of carbonyl (C=O) groups excluding carboxylic acids is 3. The molecule has 0 aliphatic carbocycles. The van der Waals surface area contributed by atoms with Gasteiger partial charge in [0.25, 0.3) is 0 Å². The lowest BCUT2D eigenvalue weighted by atomic mass is 9.94. The summed E-state index contributed by atoms with van der Waals surface area (Å²) in [5.41, 5.74) is 2.84. The zero-order valence-corrected chi connectivity index (χ0v) is 21.4. The summed E-state index contributed by atoms with van der Waals surface area (Å²) in [7, 11) is 1.56. The maximum absolute atomic E-state index is 13.1. The zero-order chi connectivity index (χ0) is 26.2. The summed E-state index contributed by atoms with van der Waals surface area (Å²) in [5, 5.41) is 8.47. The van der Waals surface area contributed by atoms with Gasteiger partial charge < -0.3 is 25.4 Å². The van der Waals surface area contributed by atoms with Crippen LogP contribution in [-0.4, -0.2) is 43.2 Å². The first-order valence-electron chi connectivity index (χ1n) is 12.0. The number of urea groups is 2. The Kier molecular flexibility index (Phi) is 8.94. The van der Waals surface area contributed by atoms with Crippen LogP contribution in [0.1, 0.15) is 45.7 Å². The van der Waals surface area contributed by atoms with Crippen molar-refractivity contribution in [3.05, 3.63) is 65.4 Å². The standard InChI is InChI=1S/C27H34N4O5/c1-6-14-31-18(4)23(25(32)36-16-17(2)3)24(30-27(31)34)19-10-12-20(13-11-19)28-26(33)29-21-8-7-9-22(15-21)35-5/h7-13,15,17,24H,6,14,16H2,1-5H3,(H,30,34)(H2,28,29,33). The summed E-state index contributed by atoms with van der Waals surface area (Å²) < 4.78 is 10.7. The van der Waals surface area contributed by atoms with Crippen molar-refractivity contribution in [1.29, 1.82) is 0 Å². The molecule has 1 unspecified atom stereocenters. The lowest BCUT2D eigenvalue weighted by Crippen LogP contribution is -2.48. The molecule has 0 saturated heterocycles. The number of hydrogen-bond acceptors (Lipinski definition) is 5. The molecule has 2 aromatic rings. The Bertz CT molecular complexity index is 1130. The number of esters is 1. The Morgan fingerprint density at radius 1 is 1.08 bits per heavy atom. The molecule has 3 N–H and O–H groups in total. The van der Waals surface area contributed by atoms with E-state index in [1.54, 1.807) is 67.5 Å². The molecule has 9 nitrogen and oxygen atoms in total. The first-order valence-corrected chi connectivity index (χ1v) is 12.0. The van der Waals surface area contributed by atoms with Crippen LogP contribution in [0, 0.1) is 5.92 Å². The highest BCUT2D eigenvalue weighted by atomic mass is 16.5. The molecule has 3 rings (SSSR count). The SMILES string of the molecule is CCCN1C(=O)NC(c2ccc(NC(=O)Nc3cccc(OC)c3)cc2)C(C(=O)OCC(C)C)=C1C. The fourth-order valence-corrected chi connectivity index (χ4v) is 3.86. The van der Waals surface area contributed by atoms with E-state index >= 15 is 0 Å². The van der Waals surface area contributed by atoms with Gasteiger partial charge in [0.2, 0.25) is 0 Å². The van der Waals surface area contributed by atoms with Crippen LogP contribution in [0.25, 0.3) is 0 Å². The molecule has 0 aromatic heterocycles. The van der Waals surface area contributed by atoms with Gasteiger partial charge in [-0.05, 0) is 49.1 Å². The van der Waals surface area contributed by atoms with Gasteiger partial charge in [0, 0.05) is 29.7 Å². The van der Waals surface area contributed by atoms with E-state index in [1.165, 1.54) is 0 Å². The van der Waals surface area contributed by atoms with Gasteiger partial charge in [0.15, 0.2) is 0 Å². The highest BCUT2D eigenvalue weighted by molar-refractivity contribution is 6.00. The van der Waals surface area contributed by atoms with Crippen LogP contribution in [0.5, 0.6) is 5.75 Å². The minimum absolute atomic E-state index is 0.187. The smallest absolute Gasteiger partial charge is 0.338 e. The van der Waals surface area contributed by atoms with Gasteiger partial charge in [0.1, 0.15) is 5.75 Å². The predicted molar refractivity (Wildman–Crippen MR) is 139 cm³/mol. The second-order valence-corrected chi connectivity index (χ2v) is 8.96. The third-order valence-electron chi connectivity index (χ3n) is 5.64. The quantitative estimate of drug-likeness (QED) is 0.411. The number of allylic oxidation sites excluding steroid dienone is 1. The molecule has 1 atom stereocenters. The van der Waals surface area contributed by atoms with Gasteiger partial charge in [-0.2, -0.15) is 0 Å². The van der Waals surface area contributed by atoms with Crippen LogP contribution in [0.15, 0.2) is 59.8 Å². The van der Waals surface area contributed by atoms with E-state index in [0.29, 0.717) is 40.5 Å². The number of methoxy groups -OCH3 is 1. The van der Waals surface area contributed by atoms with E-state index in [2.05, 4.69) is 16.0 Å². The van der Waals surface area contributed by atoms with E-state index in [9.17, 15) is 14.4 Å². The lowest BCUT2D eigenvalue weighted by molar-refractivity contribution is -0.140. The van der Waals surface area contributed by atoms with Gasteiger partial charge in [-0.3, -0.25) is 4.90 Å². The van der Waals surface area contributed by atoms with E-state index in [-0.39, 0.29) is 18.6 Å². The monoisotopic (exact) mass is 494 g/mol. The Hall–Kier alpha value is -4.01. The first-order chi connectivity index (χ1) is 17.2. The number of anilines is 2. The van der Waals surface area contributed by atoms with Crippen LogP contribution < -0.4 is 20.7 Å². The van der Waals surface area contributed by atoms with Crippen molar-refractivity contribution < 1.29 is 23.9 Å². The molecule has 0 spiro atoms. The maximum atomic E-state index is 13.1. The summed E-state index contributed by atoms with van der Waals surface area (Å²) in [6, 6.07) is 12.7. The van der Waals surface area contributed by atoms with Gasteiger partial charge in [0.05, 0.1) is 25.3 Å². The lowest BCUT2D eigenvalue weighted by Gasteiger charge is -2.35. The second kappa shape index (κ2) is 12.1. The molecule has 1 aliphatic rings. The Balaban J connectivity index is 1.78. The fourth-order valence-electron chi connectivity index (χ4n) is 3.86. The predicted octanol–water partition coefficient (Wildman–Crippen LogP) is 5.29. The van der Waals surface area contributed by atoms with Crippen LogP contribution in [-0.2, 0) is 9.53 Å². The average Bonchev–Trinajstić information content (AvgIpc) is 2.85. The molecule has 1 heterocycles. The summed E-state index contributed by atoms with van der Waals surface area (Å²) in [4.78, 5) is 39.8. The van der Waals surface area contributed by atoms with E-state index < -0.39 is 18.0 Å². The van der Waals surface area contributed by atoms with Crippen LogP contribution >= 0.6 is 0 Å². The van der Waals surface area contributed by atoms with Gasteiger partial charge in [-0.1, -0.05) is 39.0 Å². The Labute approximate surface area is 211 Å². The number of nitrogens with one attached hydrogen (secondary N) is 3. The molecule has 0 radical (unpaired) electrons. The highest BCUT2D eigenvalue weighted by Gasteiger charge is 2.36.